The van der Waals surface area contributed by atoms with Gasteiger partial charge in [-0.25, -0.2) is 0 Å². The number of nitrogens with one attached hydrogen (secondary N) is 1. The second kappa shape index (κ2) is 8.62. The van der Waals surface area contributed by atoms with E-state index in [9.17, 15) is 9.59 Å². The van der Waals surface area contributed by atoms with Gasteiger partial charge in [0.2, 0.25) is 5.91 Å². The molecule has 1 aliphatic heterocycles. The third-order valence-corrected chi connectivity index (χ3v) is 3.40. The van der Waals surface area contributed by atoms with Crippen LogP contribution in [0.4, 0.5) is 0 Å². The first kappa shape index (κ1) is 17.4. The van der Waals surface area contributed by atoms with Crippen molar-refractivity contribution in [2.24, 2.45) is 0 Å². The average molecular weight is 295 g/mol. The Morgan fingerprint density at radius 3 is 2.76 bits per heavy atom. The van der Waals surface area contributed by atoms with Crippen LogP contribution in [0.2, 0.25) is 0 Å². The van der Waals surface area contributed by atoms with Gasteiger partial charge in [0.05, 0.1) is 18.2 Å². The summed E-state index contributed by atoms with van der Waals surface area (Å²) in [6.45, 7) is 8.72. The second-order valence-electron chi connectivity index (χ2n) is 5.35. The minimum atomic E-state index is -0.412. The normalized spacial score (nSPS) is 27.1. The summed E-state index contributed by atoms with van der Waals surface area (Å²) in [5.74, 6) is -0.563. The Morgan fingerprint density at radius 2 is 2.19 bits per heavy atom. The van der Waals surface area contributed by atoms with E-state index < -0.39 is 6.10 Å². The standard InChI is InChI=1S/C16H25NO4/c1-5-6-14-8-9-15(12(3)21-14)17-16(19)10-7-11(2)20-13(4)18/h5,7,10-12,14-15H,1,6,8-9H2,2-4H3,(H,17,19)/t11?,12-,14+,15-/m1/s1. The van der Waals surface area contributed by atoms with E-state index in [4.69, 9.17) is 9.47 Å². The maximum atomic E-state index is 11.8. The van der Waals surface area contributed by atoms with Crippen molar-refractivity contribution in [1.29, 1.82) is 0 Å². The number of amides is 1. The Balaban J connectivity index is 2.39. The number of rotatable bonds is 6. The van der Waals surface area contributed by atoms with Crippen LogP contribution in [0.1, 0.15) is 40.0 Å². The SMILES string of the molecule is C=CC[C@H]1CC[C@@H](NC(=O)C=CC(C)OC(C)=O)[C@@H](C)O1. The summed E-state index contributed by atoms with van der Waals surface area (Å²) in [5.41, 5.74) is 0. The highest BCUT2D eigenvalue weighted by molar-refractivity contribution is 5.87. The van der Waals surface area contributed by atoms with Gasteiger partial charge in [0.1, 0.15) is 6.10 Å². The van der Waals surface area contributed by atoms with E-state index in [-0.39, 0.29) is 30.1 Å². The zero-order valence-electron chi connectivity index (χ0n) is 13.0. The van der Waals surface area contributed by atoms with E-state index in [0.717, 1.165) is 19.3 Å². The minimum Gasteiger partial charge on any atom is -0.459 e. The van der Waals surface area contributed by atoms with Gasteiger partial charge in [-0.1, -0.05) is 6.08 Å². The van der Waals surface area contributed by atoms with Crippen LogP contribution >= 0.6 is 0 Å². The van der Waals surface area contributed by atoms with Crippen molar-refractivity contribution < 1.29 is 19.1 Å². The van der Waals surface area contributed by atoms with Gasteiger partial charge < -0.3 is 14.8 Å². The molecule has 1 N–H and O–H groups in total. The third kappa shape index (κ3) is 6.58. The topological polar surface area (TPSA) is 64.6 Å². The summed E-state index contributed by atoms with van der Waals surface area (Å²) >= 11 is 0. The van der Waals surface area contributed by atoms with Gasteiger partial charge in [-0.05, 0) is 39.2 Å². The summed E-state index contributed by atoms with van der Waals surface area (Å²) in [4.78, 5) is 22.6. The number of hydrogen-bond acceptors (Lipinski definition) is 4. The van der Waals surface area contributed by atoms with Gasteiger partial charge in [-0.2, -0.15) is 0 Å². The molecule has 0 bridgehead atoms. The van der Waals surface area contributed by atoms with Crippen molar-refractivity contribution >= 4 is 11.9 Å². The predicted molar refractivity (Wildman–Crippen MR) is 80.7 cm³/mol. The van der Waals surface area contributed by atoms with E-state index in [1.54, 1.807) is 13.0 Å². The van der Waals surface area contributed by atoms with Crippen LogP contribution in [0.5, 0.6) is 0 Å². The molecule has 0 aliphatic carbocycles. The Morgan fingerprint density at radius 1 is 1.48 bits per heavy atom. The zero-order chi connectivity index (χ0) is 15.8. The van der Waals surface area contributed by atoms with Gasteiger partial charge in [-0.3, -0.25) is 9.59 Å². The van der Waals surface area contributed by atoms with Gasteiger partial charge in [0.25, 0.3) is 0 Å². The second-order valence-corrected chi connectivity index (χ2v) is 5.35. The Hall–Kier alpha value is -1.62. The lowest BCUT2D eigenvalue weighted by Crippen LogP contribution is -2.47. The van der Waals surface area contributed by atoms with E-state index in [2.05, 4.69) is 11.9 Å². The summed E-state index contributed by atoms with van der Waals surface area (Å²) in [6.07, 6.45) is 7.22. The van der Waals surface area contributed by atoms with Crippen molar-refractivity contribution in [3.05, 3.63) is 24.8 Å². The van der Waals surface area contributed by atoms with Crippen molar-refractivity contribution in [3.63, 3.8) is 0 Å². The van der Waals surface area contributed by atoms with Crippen molar-refractivity contribution in [3.8, 4) is 0 Å². The van der Waals surface area contributed by atoms with Gasteiger partial charge in [0, 0.05) is 13.0 Å². The Bertz CT molecular complexity index is 405. The average Bonchev–Trinajstić information content (AvgIpc) is 2.39. The fourth-order valence-corrected chi connectivity index (χ4v) is 2.37. The molecule has 1 rings (SSSR count). The Labute approximate surface area is 126 Å². The minimum absolute atomic E-state index is 0.00671. The van der Waals surface area contributed by atoms with Crippen LogP contribution in [0.25, 0.3) is 0 Å². The lowest BCUT2D eigenvalue weighted by molar-refractivity contribution is -0.143. The largest absolute Gasteiger partial charge is 0.459 e. The maximum Gasteiger partial charge on any atom is 0.303 e. The molecule has 1 amide bonds. The molecule has 1 aliphatic rings. The molecular formula is C16H25NO4. The molecule has 4 atom stereocenters. The smallest absolute Gasteiger partial charge is 0.303 e. The molecule has 0 spiro atoms. The molecule has 5 nitrogen and oxygen atoms in total. The number of carbonyl (C=O) groups excluding carboxylic acids is 2. The molecule has 21 heavy (non-hydrogen) atoms. The number of ether oxygens (including phenoxy) is 2. The molecule has 0 saturated carbocycles. The first-order chi connectivity index (χ1) is 9.92. The van der Waals surface area contributed by atoms with Crippen molar-refractivity contribution in [2.75, 3.05) is 0 Å². The maximum absolute atomic E-state index is 11.8. The lowest BCUT2D eigenvalue weighted by atomic mass is 9.97. The fraction of sp³-hybridized carbons (Fsp3) is 0.625. The third-order valence-electron chi connectivity index (χ3n) is 3.40. The number of esters is 1. The van der Waals surface area contributed by atoms with Crippen LogP contribution in [0, 0.1) is 0 Å². The van der Waals surface area contributed by atoms with E-state index in [1.807, 2.05) is 13.0 Å². The van der Waals surface area contributed by atoms with Crippen molar-refractivity contribution in [2.45, 2.75) is 64.4 Å². The molecule has 1 fully saturated rings. The molecule has 0 aromatic heterocycles. The zero-order valence-corrected chi connectivity index (χ0v) is 13.0. The number of hydrogen-bond donors (Lipinski definition) is 1. The Kier molecular flexibility index (Phi) is 7.15. The molecule has 5 heteroatoms. The molecule has 1 unspecified atom stereocenters. The molecule has 0 radical (unpaired) electrons. The van der Waals surface area contributed by atoms with Crippen LogP contribution in [0.3, 0.4) is 0 Å². The van der Waals surface area contributed by atoms with E-state index >= 15 is 0 Å². The molecule has 118 valence electrons. The highest BCUT2D eigenvalue weighted by atomic mass is 16.5. The van der Waals surface area contributed by atoms with Crippen LogP contribution in [0.15, 0.2) is 24.8 Å². The summed E-state index contributed by atoms with van der Waals surface area (Å²) < 4.78 is 10.8. The summed E-state index contributed by atoms with van der Waals surface area (Å²) in [6, 6.07) is 0.00671. The van der Waals surface area contributed by atoms with Crippen LogP contribution in [-0.4, -0.2) is 36.2 Å². The van der Waals surface area contributed by atoms with Gasteiger partial charge in [-0.15, -0.1) is 6.58 Å². The lowest BCUT2D eigenvalue weighted by Gasteiger charge is -2.34. The van der Waals surface area contributed by atoms with Gasteiger partial charge in [0.15, 0.2) is 0 Å². The van der Waals surface area contributed by atoms with E-state index in [0.29, 0.717) is 0 Å². The highest BCUT2D eigenvalue weighted by Gasteiger charge is 2.28. The summed E-state index contributed by atoms with van der Waals surface area (Å²) in [7, 11) is 0. The quantitative estimate of drug-likeness (QED) is 0.463. The van der Waals surface area contributed by atoms with E-state index in [1.165, 1.54) is 13.0 Å². The monoisotopic (exact) mass is 295 g/mol. The highest BCUT2D eigenvalue weighted by Crippen LogP contribution is 2.21. The summed E-state index contributed by atoms with van der Waals surface area (Å²) in [5, 5.41) is 2.92. The predicted octanol–water partition coefficient (Wildman–Crippen LogP) is 2.12. The van der Waals surface area contributed by atoms with Crippen LogP contribution in [-0.2, 0) is 19.1 Å². The molecule has 0 aromatic rings. The van der Waals surface area contributed by atoms with Crippen LogP contribution < -0.4 is 5.32 Å². The fourth-order valence-electron chi connectivity index (χ4n) is 2.37. The van der Waals surface area contributed by atoms with Crippen molar-refractivity contribution in [1.82, 2.24) is 5.32 Å². The molecular weight excluding hydrogens is 270 g/mol. The first-order valence-corrected chi connectivity index (χ1v) is 7.34. The molecule has 0 aromatic carbocycles. The van der Waals surface area contributed by atoms with Gasteiger partial charge >= 0.3 is 5.97 Å². The first-order valence-electron chi connectivity index (χ1n) is 7.34. The molecule has 1 heterocycles. The number of carbonyl (C=O) groups is 2. The molecule has 1 saturated heterocycles.